The van der Waals surface area contributed by atoms with Crippen LogP contribution in [-0.2, 0) is 22.5 Å². The quantitative estimate of drug-likeness (QED) is 0.544. The van der Waals surface area contributed by atoms with Crippen LogP contribution in [-0.4, -0.2) is 10.7 Å². The van der Waals surface area contributed by atoms with E-state index in [0.717, 1.165) is 37.0 Å². The van der Waals surface area contributed by atoms with E-state index >= 15 is 0 Å². The molecule has 5 rings (SSSR count). The van der Waals surface area contributed by atoms with Crippen molar-refractivity contribution in [1.29, 1.82) is 0 Å². The summed E-state index contributed by atoms with van der Waals surface area (Å²) in [6, 6.07) is 0. The fourth-order valence-corrected chi connectivity index (χ4v) is 9.78. The second-order valence-electron chi connectivity index (χ2n) is 9.20. The Balaban J connectivity index is 0.00000121. The molecule has 1 atom stereocenters. The van der Waals surface area contributed by atoms with Crippen molar-refractivity contribution in [2.24, 2.45) is 29.1 Å². The molecule has 1 amide bonds. The van der Waals surface area contributed by atoms with Crippen LogP contribution in [0, 0.1) is 29.1 Å². The molecule has 5 heteroatoms. The molecule has 0 heterocycles. The Hall–Kier alpha value is 0.114. The van der Waals surface area contributed by atoms with E-state index in [1.54, 1.807) is 0 Å². The predicted molar refractivity (Wildman–Crippen MR) is 96.1 cm³/mol. The van der Waals surface area contributed by atoms with Gasteiger partial charge in [-0.3, -0.25) is 0 Å². The first-order valence-electron chi connectivity index (χ1n) is 9.70. The predicted octanol–water partition coefficient (Wildman–Crippen LogP) is -1.45. The van der Waals surface area contributed by atoms with Crippen LogP contribution in [0.4, 0.5) is 0 Å². The molecular formula is C21H31Cl2NOTi. The van der Waals surface area contributed by atoms with E-state index in [1.807, 2.05) is 0 Å². The van der Waals surface area contributed by atoms with E-state index in [9.17, 15) is 4.79 Å². The zero-order chi connectivity index (χ0) is 17.2. The molecule has 5 aliphatic carbocycles. The molecule has 0 aromatic carbocycles. The minimum Gasteiger partial charge on any atom is -1.00 e. The van der Waals surface area contributed by atoms with Gasteiger partial charge in [-0.15, -0.1) is 0 Å². The van der Waals surface area contributed by atoms with Gasteiger partial charge in [-0.05, 0) is 0 Å². The van der Waals surface area contributed by atoms with Gasteiger partial charge in [-0.1, -0.05) is 0 Å². The van der Waals surface area contributed by atoms with Crippen LogP contribution >= 0.6 is 0 Å². The van der Waals surface area contributed by atoms with Crippen molar-refractivity contribution in [3.63, 3.8) is 0 Å². The smallest absolute Gasteiger partial charge is 1.00 e. The summed E-state index contributed by atoms with van der Waals surface area (Å²) >= 11 is -1.96. The molecule has 0 saturated heterocycles. The van der Waals surface area contributed by atoms with Crippen molar-refractivity contribution in [3.05, 3.63) is 20.6 Å². The number of halogens is 2. The average Bonchev–Trinajstić information content (AvgIpc) is 2.69. The van der Waals surface area contributed by atoms with Crippen molar-refractivity contribution < 1.29 is 47.3 Å². The van der Waals surface area contributed by atoms with Gasteiger partial charge in [0, 0.05) is 0 Å². The van der Waals surface area contributed by atoms with Gasteiger partial charge in [0.05, 0.1) is 0 Å². The standard InChI is InChI=1S/C11H17NO.C9H13.CH2.2ClH.Ti/c12-10(13)11-4-7-1-8(5-11)3-9(2-7)6-11;1-6-5-7(2)9(4)8(6)3;;;;/h7-9H,1-6H2,(H2,12,13);6H,1-4H3;1H2;2*1H;/q;;;;;+3/p-3. The van der Waals surface area contributed by atoms with Crippen LogP contribution in [0.3, 0.4) is 0 Å². The van der Waals surface area contributed by atoms with Gasteiger partial charge in [-0.25, -0.2) is 0 Å². The molecule has 0 radical (unpaired) electrons. The Morgan fingerprint density at radius 2 is 1.46 bits per heavy atom. The number of hydrogen-bond donors (Lipinski definition) is 1. The zero-order valence-electron chi connectivity index (χ0n) is 16.4. The van der Waals surface area contributed by atoms with Crippen LogP contribution in [0.5, 0.6) is 0 Å². The van der Waals surface area contributed by atoms with Gasteiger partial charge in [0.25, 0.3) is 0 Å². The number of carbonyl (C=O) groups is 1. The summed E-state index contributed by atoms with van der Waals surface area (Å²) in [5, 5.41) is 0. The molecule has 4 bridgehead atoms. The first kappa shape index (κ1) is 22.4. The molecule has 26 heavy (non-hydrogen) atoms. The monoisotopic (exact) mass is 431 g/mol. The van der Waals surface area contributed by atoms with Crippen LogP contribution in [0.1, 0.15) is 66.2 Å². The fourth-order valence-electron chi connectivity index (χ4n) is 6.58. The molecule has 5 aliphatic rings. The van der Waals surface area contributed by atoms with Gasteiger partial charge in [0.1, 0.15) is 0 Å². The molecule has 0 aromatic heterocycles. The first-order chi connectivity index (χ1) is 11.3. The van der Waals surface area contributed by atoms with Crippen molar-refractivity contribution in [1.82, 2.24) is 3.80 Å². The van der Waals surface area contributed by atoms with E-state index in [4.69, 9.17) is 0 Å². The van der Waals surface area contributed by atoms with Crippen LogP contribution in [0.15, 0.2) is 20.6 Å². The fraction of sp³-hybridized carbons (Fsp3) is 0.714. The molecule has 0 spiro atoms. The van der Waals surface area contributed by atoms with Crippen LogP contribution < -0.4 is 28.6 Å². The van der Waals surface area contributed by atoms with Gasteiger partial charge < -0.3 is 24.8 Å². The molecular weight excluding hydrogens is 401 g/mol. The number of amides is 1. The van der Waals surface area contributed by atoms with Crippen molar-refractivity contribution in [3.8, 4) is 0 Å². The molecule has 0 aromatic rings. The van der Waals surface area contributed by atoms with Crippen LogP contribution in [0.25, 0.3) is 0 Å². The summed E-state index contributed by atoms with van der Waals surface area (Å²) < 4.78 is 5.00. The summed E-state index contributed by atoms with van der Waals surface area (Å²) in [5.74, 6) is 3.34. The summed E-state index contributed by atoms with van der Waals surface area (Å²) in [7, 11) is 0. The van der Waals surface area contributed by atoms with Crippen molar-refractivity contribution >= 4 is 10.7 Å². The topological polar surface area (TPSA) is 29.1 Å². The third-order valence-electron chi connectivity index (χ3n) is 7.75. The van der Waals surface area contributed by atoms with Crippen molar-refractivity contribution in [2.45, 2.75) is 66.2 Å². The number of carbonyl (C=O) groups excluding carboxylic acids is 1. The Bertz CT molecular complexity index is 659. The number of hydrogen-bond acceptors (Lipinski definition) is 1. The number of nitrogens with one attached hydrogen (secondary N) is 1. The molecule has 1 unspecified atom stereocenters. The summed E-state index contributed by atoms with van der Waals surface area (Å²) in [6.07, 6.45) is 7.64. The molecule has 4 fully saturated rings. The summed E-state index contributed by atoms with van der Waals surface area (Å²) in [5.41, 5.74) is 4.28. The second-order valence-corrected chi connectivity index (χ2v) is 11.9. The van der Waals surface area contributed by atoms with Crippen molar-refractivity contribution in [2.75, 3.05) is 0 Å². The molecule has 144 valence electrons. The maximum Gasteiger partial charge on any atom is -1.00 e. The van der Waals surface area contributed by atoms with E-state index in [-0.39, 0.29) is 30.2 Å². The van der Waals surface area contributed by atoms with Crippen LogP contribution in [0.2, 0.25) is 0 Å². The molecule has 2 nitrogen and oxygen atoms in total. The molecule has 4 saturated carbocycles. The van der Waals surface area contributed by atoms with Gasteiger partial charge in [-0.2, -0.15) is 0 Å². The van der Waals surface area contributed by atoms with E-state index in [1.165, 1.54) is 39.9 Å². The zero-order valence-corrected chi connectivity index (χ0v) is 19.5. The normalized spacial score (nSPS) is 37.0. The van der Waals surface area contributed by atoms with E-state index in [0.29, 0.717) is 11.8 Å². The third-order valence-corrected chi connectivity index (χ3v) is 10.9. The Labute approximate surface area is 177 Å². The number of rotatable bonds is 3. The summed E-state index contributed by atoms with van der Waals surface area (Å²) in [4.78, 5) is 17.8. The largest absolute Gasteiger partial charge is 1.00 e. The minimum absolute atomic E-state index is 0. The Kier molecular flexibility index (Phi) is 6.77. The average molecular weight is 432 g/mol. The van der Waals surface area contributed by atoms with Gasteiger partial charge in [0.2, 0.25) is 0 Å². The summed E-state index contributed by atoms with van der Waals surface area (Å²) in [6.45, 7) is 8.98. The second kappa shape index (κ2) is 7.86. The van der Waals surface area contributed by atoms with E-state index < -0.39 is 17.7 Å². The molecule has 0 aliphatic heterocycles. The SMILES string of the molecule is [CH2]=[Ti+2]([NH]C(=O)C12CC3CC(CC(C3)C1)C2)[C]1=C(C)C(C)=C(C)C1C.[Cl-].[Cl-]. The van der Waals surface area contributed by atoms with Gasteiger partial charge >= 0.3 is 153 Å². The Morgan fingerprint density at radius 3 is 1.85 bits per heavy atom. The maximum absolute atomic E-state index is 13.3. The maximum atomic E-state index is 13.3. The Morgan fingerprint density at radius 1 is 1.00 bits per heavy atom. The first-order valence-corrected chi connectivity index (χ1v) is 12.4. The van der Waals surface area contributed by atoms with E-state index in [2.05, 4.69) is 36.3 Å². The van der Waals surface area contributed by atoms with Gasteiger partial charge in [0.15, 0.2) is 0 Å². The third kappa shape index (κ3) is 3.45. The molecule has 1 N–H and O–H groups in total. The number of allylic oxidation sites excluding steroid dienone is 4. The minimum atomic E-state index is -1.96.